The fraction of sp³-hybridized carbons (Fsp3) is 0.304. The molecule has 2 aliphatic rings. The summed E-state index contributed by atoms with van der Waals surface area (Å²) >= 11 is 0. The lowest BCUT2D eigenvalue weighted by molar-refractivity contribution is -0.133. The Labute approximate surface area is 183 Å². The first kappa shape index (κ1) is 23.5. The number of anilines is 1. The molecule has 1 amide bonds. The number of hydrogen-bond acceptors (Lipinski definition) is 4. The first-order valence-corrected chi connectivity index (χ1v) is 9.98. The van der Waals surface area contributed by atoms with Gasteiger partial charge in [-0.05, 0) is 35.8 Å². The third-order valence-electron chi connectivity index (χ3n) is 5.11. The smallest absolute Gasteiger partial charge is 0.272 e. The van der Waals surface area contributed by atoms with Crippen molar-refractivity contribution < 1.29 is 22.4 Å². The zero-order valence-electron chi connectivity index (χ0n) is 17.8. The number of alkyl halides is 2. The molecule has 9 heteroatoms. The van der Waals surface area contributed by atoms with Gasteiger partial charge in [-0.15, -0.1) is 0 Å². The van der Waals surface area contributed by atoms with Crippen molar-refractivity contribution in [3.05, 3.63) is 76.6 Å². The molecule has 0 aromatic heterocycles. The summed E-state index contributed by atoms with van der Waals surface area (Å²) < 4.78 is 54.7. The number of nitrogens with zero attached hydrogens (tertiary/aromatic N) is 2. The highest BCUT2D eigenvalue weighted by Gasteiger charge is 2.43. The topological polar surface area (TPSA) is 59.4 Å². The van der Waals surface area contributed by atoms with Crippen molar-refractivity contribution in [3.63, 3.8) is 0 Å². The van der Waals surface area contributed by atoms with Crippen LogP contribution in [0.25, 0.3) is 0 Å². The molecular weight excluding hydrogens is 424 g/mol. The van der Waals surface area contributed by atoms with Crippen LogP contribution in [0.3, 0.4) is 0 Å². The highest BCUT2D eigenvalue weighted by molar-refractivity contribution is 5.99. The van der Waals surface area contributed by atoms with Gasteiger partial charge in [0.2, 0.25) is 5.91 Å². The molecule has 2 aliphatic heterocycles. The van der Waals surface area contributed by atoms with Crippen LogP contribution in [0.2, 0.25) is 0 Å². The number of rotatable bonds is 7. The SMILES string of the molecule is C/C=C(\C=N)C1=C(/C=C/C(=O)Nc2ccc(CN3CC(F)(F)C3)cc2F)CN(C)C=C1F. The summed E-state index contributed by atoms with van der Waals surface area (Å²) in [7, 11) is 1.68. The molecule has 3 rings (SSSR count). The Balaban J connectivity index is 1.69. The van der Waals surface area contributed by atoms with E-state index >= 15 is 0 Å². The number of carbonyl (C=O) groups is 1. The Kier molecular flexibility index (Phi) is 6.98. The van der Waals surface area contributed by atoms with E-state index in [1.807, 2.05) is 0 Å². The molecule has 1 aromatic carbocycles. The number of benzene rings is 1. The molecule has 1 saturated heterocycles. The van der Waals surface area contributed by atoms with Crippen LogP contribution in [0.5, 0.6) is 0 Å². The predicted molar refractivity (Wildman–Crippen MR) is 116 cm³/mol. The standard InChI is InChI=1S/C23H24F4N4O/c1-3-16(9-28)22-17(11-30(2)12-19(22)25)5-7-21(32)29-20-6-4-15(8-18(20)24)10-31-13-23(26,27)14-31/h3-9,12,28H,10-11,13-14H2,1-2H3,(H,29,32)/b7-5+,16-3+,28-9?. The monoisotopic (exact) mass is 448 g/mol. The van der Waals surface area contributed by atoms with Gasteiger partial charge < -0.3 is 15.6 Å². The maximum Gasteiger partial charge on any atom is 0.272 e. The Bertz CT molecular complexity index is 1030. The molecule has 2 N–H and O–H groups in total. The van der Waals surface area contributed by atoms with Crippen LogP contribution in [-0.2, 0) is 11.3 Å². The van der Waals surface area contributed by atoms with Gasteiger partial charge in [0.1, 0.15) is 11.6 Å². The molecule has 0 unspecified atom stereocenters. The maximum atomic E-state index is 14.5. The molecule has 1 aromatic rings. The van der Waals surface area contributed by atoms with Crippen molar-refractivity contribution in [3.8, 4) is 0 Å². The number of likely N-dealkylation sites (tertiary alicyclic amines) is 1. The average molecular weight is 448 g/mol. The van der Waals surface area contributed by atoms with Crippen LogP contribution in [0.15, 0.2) is 65.2 Å². The van der Waals surface area contributed by atoms with Gasteiger partial charge in [-0.1, -0.05) is 18.2 Å². The fourth-order valence-corrected chi connectivity index (χ4v) is 3.65. The summed E-state index contributed by atoms with van der Waals surface area (Å²) in [6.07, 6.45) is 6.58. The number of nitrogens with one attached hydrogen (secondary N) is 2. The lowest BCUT2D eigenvalue weighted by atomic mass is 9.96. The van der Waals surface area contributed by atoms with Gasteiger partial charge in [-0.25, -0.2) is 17.6 Å². The lowest BCUT2D eigenvalue weighted by Crippen LogP contribution is -2.55. The summed E-state index contributed by atoms with van der Waals surface area (Å²) in [6, 6.07) is 4.15. The minimum atomic E-state index is -2.69. The third kappa shape index (κ3) is 5.53. The molecule has 0 bridgehead atoms. The third-order valence-corrected chi connectivity index (χ3v) is 5.11. The molecule has 0 atom stereocenters. The molecule has 0 radical (unpaired) electrons. The number of hydrogen-bond donors (Lipinski definition) is 2. The lowest BCUT2D eigenvalue weighted by Gasteiger charge is -2.38. The van der Waals surface area contributed by atoms with E-state index in [0.29, 0.717) is 23.3 Å². The zero-order chi connectivity index (χ0) is 23.5. The van der Waals surface area contributed by atoms with Crippen molar-refractivity contribution in [2.24, 2.45) is 0 Å². The van der Waals surface area contributed by atoms with Gasteiger partial charge >= 0.3 is 0 Å². The van der Waals surface area contributed by atoms with E-state index in [9.17, 15) is 22.4 Å². The summed E-state index contributed by atoms with van der Waals surface area (Å²) in [5, 5.41) is 9.92. The molecule has 1 fully saturated rings. The second-order valence-electron chi connectivity index (χ2n) is 7.82. The van der Waals surface area contributed by atoms with Gasteiger partial charge in [0, 0.05) is 44.2 Å². The number of halogens is 4. The maximum absolute atomic E-state index is 14.5. The van der Waals surface area contributed by atoms with Crippen molar-refractivity contribution in [1.29, 1.82) is 5.41 Å². The first-order chi connectivity index (χ1) is 15.1. The average Bonchev–Trinajstić information content (AvgIpc) is 2.69. The van der Waals surface area contributed by atoms with Crippen LogP contribution in [0.1, 0.15) is 12.5 Å². The molecule has 170 valence electrons. The van der Waals surface area contributed by atoms with E-state index in [0.717, 1.165) is 6.21 Å². The largest absolute Gasteiger partial charge is 0.374 e. The Hall–Kier alpha value is -3.20. The van der Waals surface area contributed by atoms with E-state index < -0.39 is 23.5 Å². The van der Waals surface area contributed by atoms with Crippen LogP contribution < -0.4 is 5.32 Å². The van der Waals surface area contributed by atoms with Crippen molar-refractivity contribution >= 4 is 17.8 Å². The highest BCUT2D eigenvalue weighted by atomic mass is 19.3. The normalized spacial score (nSPS) is 19.1. The number of carbonyl (C=O) groups excluding carboxylic acids is 1. The Morgan fingerprint density at radius 2 is 2.00 bits per heavy atom. The van der Waals surface area contributed by atoms with Crippen LogP contribution in [-0.4, -0.2) is 54.5 Å². The minimum Gasteiger partial charge on any atom is -0.374 e. The predicted octanol–water partition coefficient (Wildman–Crippen LogP) is 4.42. The summed E-state index contributed by atoms with van der Waals surface area (Å²) in [4.78, 5) is 15.4. The molecule has 5 nitrogen and oxygen atoms in total. The van der Waals surface area contributed by atoms with Crippen molar-refractivity contribution in [2.45, 2.75) is 19.4 Å². The molecule has 32 heavy (non-hydrogen) atoms. The van der Waals surface area contributed by atoms with Crippen molar-refractivity contribution in [1.82, 2.24) is 9.80 Å². The van der Waals surface area contributed by atoms with Gasteiger partial charge in [-0.2, -0.15) is 0 Å². The van der Waals surface area contributed by atoms with Gasteiger partial charge in [0.15, 0.2) is 0 Å². The first-order valence-electron chi connectivity index (χ1n) is 9.98. The Morgan fingerprint density at radius 1 is 1.28 bits per heavy atom. The van der Waals surface area contributed by atoms with E-state index in [1.54, 1.807) is 31.0 Å². The van der Waals surface area contributed by atoms with E-state index in [2.05, 4.69) is 5.32 Å². The molecule has 0 saturated carbocycles. The number of allylic oxidation sites excluding steroid dienone is 4. The second kappa shape index (κ2) is 9.52. The van der Waals surface area contributed by atoms with Crippen molar-refractivity contribution in [2.75, 3.05) is 32.0 Å². The summed E-state index contributed by atoms with van der Waals surface area (Å²) in [5.41, 5.74) is 1.60. The molecule has 0 aliphatic carbocycles. The quantitative estimate of drug-likeness (QED) is 0.369. The second-order valence-corrected chi connectivity index (χ2v) is 7.82. The minimum absolute atomic E-state index is 0.0491. The van der Waals surface area contributed by atoms with E-state index in [1.165, 1.54) is 35.4 Å². The molecule has 2 heterocycles. The van der Waals surface area contributed by atoms with Gasteiger partial charge in [-0.3, -0.25) is 9.69 Å². The molecular formula is C23H24F4N4O. The van der Waals surface area contributed by atoms with E-state index in [-0.39, 0.29) is 30.9 Å². The number of amides is 1. The van der Waals surface area contributed by atoms with Crippen LogP contribution in [0, 0.1) is 11.2 Å². The Morgan fingerprint density at radius 3 is 2.59 bits per heavy atom. The summed E-state index contributed by atoms with van der Waals surface area (Å²) in [6.45, 7) is 1.51. The molecule has 0 spiro atoms. The van der Waals surface area contributed by atoms with Gasteiger partial charge in [0.05, 0.1) is 18.8 Å². The highest BCUT2D eigenvalue weighted by Crippen LogP contribution is 2.30. The van der Waals surface area contributed by atoms with Gasteiger partial charge in [0.25, 0.3) is 5.92 Å². The van der Waals surface area contributed by atoms with E-state index in [4.69, 9.17) is 5.41 Å². The fourth-order valence-electron chi connectivity index (χ4n) is 3.65. The summed E-state index contributed by atoms with van der Waals surface area (Å²) in [5.74, 6) is -4.49. The van der Waals surface area contributed by atoms with Crippen LogP contribution in [0.4, 0.5) is 23.2 Å². The zero-order valence-corrected chi connectivity index (χ0v) is 17.8. The number of likely N-dealkylation sites (N-methyl/N-ethyl adjacent to an activating group) is 1. The van der Waals surface area contributed by atoms with Crippen LogP contribution >= 0.6 is 0 Å².